The Balaban J connectivity index is 1.38. The van der Waals surface area contributed by atoms with E-state index in [2.05, 4.69) is 20.4 Å². The maximum atomic E-state index is 13.9. The van der Waals surface area contributed by atoms with E-state index in [1.165, 1.54) is 17.0 Å². The van der Waals surface area contributed by atoms with Gasteiger partial charge in [0.15, 0.2) is 17.4 Å². The highest BCUT2D eigenvalue weighted by atomic mass is 19.1. The minimum atomic E-state index is -0.965. The number of amides is 2. The van der Waals surface area contributed by atoms with Gasteiger partial charge in [-0.1, -0.05) is 6.07 Å². The number of aromatic hydroxyl groups is 1. The lowest BCUT2D eigenvalue weighted by Crippen LogP contribution is -2.60. The average molecular weight is 471 g/mol. The Morgan fingerprint density at radius 1 is 1.15 bits per heavy atom. The van der Waals surface area contributed by atoms with Crippen molar-refractivity contribution in [2.75, 3.05) is 36.4 Å². The van der Waals surface area contributed by atoms with Crippen molar-refractivity contribution in [3.8, 4) is 17.0 Å². The lowest BCUT2D eigenvalue weighted by molar-refractivity contribution is -0.142. The van der Waals surface area contributed by atoms with Crippen LogP contribution in [0.15, 0.2) is 24.3 Å². The number of rotatable bonds is 2. The predicted octanol–water partition coefficient (Wildman–Crippen LogP) is 2.21. The number of hydrogen-bond acceptors (Lipinski definition) is 7. The quantitative estimate of drug-likeness (QED) is 0.611. The van der Waals surface area contributed by atoms with Gasteiger partial charge in [-0.25, -0.2) is 9.18 Å². The molecular formula is C23H27FN6O4. The highest BCUT2D eigenvalue weighted by Gasteiger charge is 2.44. The van der Waals surface area contributed by atoms with Gasteiger partial charge in [0.2, 0.25) is 5.91 Å². The summed E-state index contributed by atoms with van der Waals surface area (Å²) in [6, 6.07) is 5.69. The molecule has 3 aliphatic rings. The van der Waals surface area contributed by atoms with E-state index in [0.29, 0.717) is 44.1 Å². The average Bonchev–Trinajstić information content (AvgIpc) is 3.25. The second-order valence-corrected chi connectivity index (χ2v) is 9.35. The number of hydrogen-bond donors (Lipinski definition) is 3. The number of halogens is 1. The first-order valence-corrected chi connectivity index (χ1v) is 11.4. The summed E-state index contributed by atoms with van der Waals surface area (Å²) in [7, 11) is 0. The van der Waals surface area contributed by atoms with Crippen LogP contribution >= 0.6 is 0 Å². The zero-order valence-electron chi connectivity index (χ0n) is 19.0. The van der Waals surface area contributed by atoms with Crippen LogP contribution in [0.25, 0.3) is 11.3 Å². The molecule has 10 nitrogen and oxygen atoms in total. The van der Waals surface area contributed by atoms with Crippen LogP contribution in [-0.4, -0.2) is 86.5 Å². The fourth-order valence-electron chi connectivity index (χ4n) is 5.50. The monoisotopic (exact) mass is 470 g/mol. The molecule has 5 rings (SSSR count). The van der Waals surface area contributed by atoms with Crippen molar-refractivity contribution in [2.45, 2.75) is 38.4 Å². The van der Waals surface area contributed by atoms with Crippen molar-refractivity contribution < 1.29 is 24.2 Å². The standard InChI is InChI=1S/C23H27FN6O4/c1-12-9-28(23(33)34)10-13(2)30(12)22(32)14-6-15-8-25-21-19(29(15)11-14)7-18(26-27-21)16-4-3-5-17(24)20(16)31/h3-5,7,12-15,31H,6,8-11H2,1-2H3,(H,25,27)(H,33,34)/t12-,13+,14-,15-/m1/s1. The van der Waals surface area contributed by atoms with Gasteiger partial charge in [-0.2, -0.15) is 0 Å². The normalized spacial score (nSPS) is 26.0. The summed E-state index contributed by atoms with van der Waals surface area (Å²) in [5.74, 6) is -0.828. The summed E-state index contributed by atoms with van der Waals surface area (Å²) < 4.78 is 13.9. The fraction of sp³-hybridized carbons (Fsp3) is 0.478. The smallest absolute Gasteiger partial charge is 0.407 e. The van der Waals surface area contributed by atoms with E-state index < -0.39 is 17.7 Å². The van der Waals surface area contributed by atoms with Crippen LogP contribution in [0.4, 0.5) is 20.7 Å². The number of phenolic OH excluding ortho intramolecular Hbond substituents is 1. The first-order valence-electron chi connectivity index (χ1n) is 11.4. The van der Waals surface area contributed by atoms with E-state index in [4.69, 9.17) is 0 Å². The fourth-order valence-corrected chi connectivity index (χ4v) is 5.50. The number of anilines is 2. The Morgan fingerprint density at radius 2 is 1.88 bits per heavy atom. The number of fused-ring (bicyclic) bond motifs is 3. The van der Waals surface area contributed by atoms with E-state index in [9.17, 15) is 24.2 Å². The molecule has 1 aromatic carbocycles. The molecule has 0 bridgehead atoms. The van der Waals surface area contributed by atoms with Gasteiger partial charge in [-0.3, -0.25) is 4.79 Å². The number of aromatic nitrogens is 2. The van der Waals surface area contributed by atoms with Gasteiger partial charge < -0.3 is 30.2 Å². The van der Waals surface area contributed by atoms with Gasteiger partial charge in [-0.05, 0) is 38.5 Å². The molecule has 1 aromatic heterocycles. The van der Waals surface area contributed by atoms with Crippen LogP contribution in [0, 0.1) is 11.7 Å². The summed E-state index contributed by atoms with van der Waals surface area (Å²) in [6.07, 6.45) is -0.306. The van der Waals surface area contributed by atoms with Crippen LogP contribution in [0.1, 0.15) is 20.3 Å². The molecule has 0 aliphatic carbocycles. The van der Waals surface area contributed by atoms with Crippen LogP contribution in [-0.2, 0) is 4.79 Å². The van der Waals surface area contributed by atoms with Gasteiger partial charge in [-0.15, -0.1) is 10.2 Å². The topological polar surface area (TPSA) is 122 Å². The van der Waals surface area contributed by atoms with Crippen molar-refractivity contribution in [3.05, 3.63) is 30.1 Å². The number of para-hydroxylation sites is 1. The first kappa shape index (κ1) is 22.2. The summed E-state index contributed by atoms with van der Waals surface area (Å²) in [4.78, 5) is 30.3. The third-order valence-electron chi connectivity index (χ3n) is 7.06. The molecule has 3 aliphatic heterocycles. The van der Waals surface area contributed by atoms with Crippen molar-refractivity contribution >= 4 is 23.5 Å². The van der Waals surface area contributed by atoms with Gasteiger partial charge >= 0.3 is 6.09 Å². The third-order valence-corrected chi connectivity index (χ3v) is 7.06. The Bertz CT molecular complexity index is 1130. The lowest BCUT2D eigenvalue weighted by atomic mass is 9.99. The zero-order chi connectivity index (χ0) is 24.1. The zero-order valence-corrected chi connectivity index (χ0v) is 19.0. The van der Waals surface area contributed by atoms with Crippen LogP contribution in [0.2, 0.25) is 0 Å². The lowest BCUT2D eigenvalue weighted by Gasteiger charge is -2.44. The van der Waals surface area contributed by atoms with E-state index in [1.807, 2.05) is 18.7 Å². The van der Waals surface area contributed by atoms with Crippen molar-refractivity contribution in [1.29, 1.82) is 0 Å². The minimum Gasteiger partial charge on any atom is -0.504 e. The second kappa shape index (κ2) is 8.30. The molecule has 11 heteroatoms. The first-order chi connectivity index (χ1) is 16.2. The van der Waals surface area contributed by atoms with Crippen molar-refractivity contribution in [2.24, 2.45) is 5.92 Å². The highest BCUT2D eigenvalue weighted by Crippen LogP contribution is 2.40. The van der Waals surface area contributed by atoms with E-state index >= 15 is 0 Å². The molecule has 180 valence electrons. The summed E-state index contributed by atoms with van der Waals surface area (Å²) >= 11 is 0. The SMILES string of the molecule is C[C@@H]1CN(C(=O)O)C[C@H](C)N1C(=O)[C@@H]1C[C@@H]2CNc3nnc(-c4cccc(F)c4O)cc3N2C1. The maximum absolute atomic E-state index is 13.9. The molecule has 2 saturated heterocycles. The van der Waals surface area contributed by atoms with E-state index in [0.717, 1.165) is 5.69 Å². The number of nitrogens with one attached hydrogen (secondary N) is 1. The minimum absolute atomic E-state index is 0.0333. The molecule has 2 aromatic rings. The van der Waals surface area contributed by atoms with Crippen LogP contribution in [0.5, 0.6) is 5.75 Å². The van der Waals surface area contributed by atoms with E-state index in [-0.39, 0.29) is 35.5 Å². The Kier molecular flexibility index (Phi) is 5.41. The molecule has 0 radical (unpaired) electrons. The molecule has 4 heterocycles. The van der Waals surface area contributed by atoms with Crippen LogP contribution in [0.3, 0.4) is 0 Å². The molecule has 3 N–H and O–H groups in total. The molecule has 4 atom stereocenters. The number of carbonyl (C=O) groups is 2. The summed E-state index contributed by atoms with van der Waals surface area (Å²) in [5, 5.41) is 31.1. The Labute approximate surface area is 196 Å². The molecular weight excluding hydrogens is 443 g/mol. The van der Waals surface area contributed by atoms with Gasteiger partial charge in [0, 0.05) is 49.9 Å². The van der Waals surface area contributed by atoms with Crippen molar-refractivity contribution in [3.63, 3.8) is 0 Å². The number of carboxylic acid groups (broad SMARTS) is 1. The van der Waals surface area contributed by atoms with E-state index in [1.54, 1.807) is 12.1 Å². The molecule has 2 fully saturated rings. The number of piperazine rings is 1. The van der Waals surface area contributed by atoms with Crippen molar-refractivity contribution in [1.82, 2.24) is 20.0 Å². The van der Waals surface area contributed by atoms with Gasteiger partial charge in [0.05, 0.1) is 17.3 Å². The summed E-state index contributed by atoms with van der Waals surface area (Å²) in [6.45, 7) is 5.48. The summed E-state index contributed by atoms with van der Waals surface area (Å²) in [5.41, 5.74) is 1.36. The highest BCUT2D eigenvalue weighted by molar-refractivity contribution is 5.83. The molecule has 0 spiro atoms. The third kappa shape index (κ3) is 3.64. The van der Waals surface area contributed by atoms with Gasteiger partial charge in [0.1, 0.15) is 0 Å². The van der Waals surface area contributed by atoms with Crippen LogP contribution < -0.4 is 10.2 Å². The number of phenols is 1. The molecule has 2 amide bonds. The molecule has 0 saturated carbocycles. The maximum Gasteiger partial charge on any atom is 0.407 e. The Morgan fingerprint density at radius 3 is 2.59 bits per heavy atom. The van der Waals surface area contributed by atoms with Gasteiger partial charge in [0.25, 0.3) is 0 Å². The molecule has 0 unspecified atom stereocenters. The number of carbonyl (C=O) groups excluding carboxylic acids is 1. The number of benzene rings is 1. The predicted molar refractivity (Wildman–Crippen MR) is 122 cm³/mol. The largest absolute Gasteiger partial charge is 0.504 e. The number of nitrogens with zero attached hydrogens (tertiary/aromatic N) is 5. The Hall–Kier alpha value is -3.63. The molecule has 34 heavy (non-hydrogen) atoms. The second-order valence-electron chi connectivity index (χ2n) is 9.35.